The molecule has 3 aromatic rings. The van der Waals surface area contributed by atoms with Crippen LogP contribution in [0.25, 0.3) is 10.1 Å². The average molecular weight is 297 g/mol. The maximum absolute atomic E-state index is 4.63. The van der Waals surface area contributed by atoms with Crippen LogP contribution in [0.5, 0.6) is 0 Å². The molecule has 1 atom stereocenters. The number of fused-ring (bicyclic) bond motifs is 1. The van der Waals surface area contributed by atoms with Gasteiger partial charge in [0.15, 0.2) is 0 Å². The van der Waals surface area contributed by atoms with Gasteiger partial charge in [-0.15, -0.1) is 11.3 Å². The van der Waals surface area contributed by atoms with Crippen LogP contribution in [-0.4, -0.2) is 16.5 Å². The van der Waals surface area contributed by atoms with Gasteiger partial charge in [0.25, 0.3) is 0 Å². The number of rotatable bonds is 5. The van der Waals surface area contributed by atoms with Crippen molar-refractivity contribution >= 4 is 21.4 Å². The minimum atomic E-state index is 0.119. The maximum Gasteiger partial charge on any atom is 0.125 e. The molecule has 1 unspecified atom stereocenters. The highest BCUT2D eigenvalue weighted by Gasteiger charge is 2.18. The lowest BCUT2D eigenvalue weighted by Gasteiger charge is -2.19. The number of thiophene rings is 1. The predicted octanol–water partition coefficient (Wildman–Crippen LogP) is 4.09. The fourth-order valence-corrected chi connectivity index (χ4v) is 3.49. The highest BCUT2D eigenvalue weighted by molar-refractivity contribution is 7.17. The number of nitrogens with zero attached hydrogens (tertiary/aromatic N) is 2. The number of hydrogen-bond donors (Lipinski definition) is 1. The van der Waals surface area contributed by atoms with Gasteiger partial charge in [-0.1, -0.05) is 25.1 Å². The van der Waals surface area contributed by atoms with Crippen molar-refractivity contribution in [2.45, 2.75) is 26.3 Å². The van der Waals surface area contributed by atoms with Gasteiger partial charge in [0.1, 0.15) is 5.82 Å². The molecular formula is C17H19N3S. The smallest absolute Gasteiger partial charge is 0.125 e. The Kier molecular flexibility index (Phi) is 4.27. The summed E-state index contributed by atoms with van der Waals surface area (Å²) in [5.74, 6) is 0.814. The van der Waals surface area contributed by atoms with Crippen LogP contribution in [0.4, 0.5) is 0 Å². The Bertz CT molecular complexity index is 735. The molecule has 108 valence electrons. The third-order valence-corrected chi connectivity index (χ3v) is 4.49. The minimum Gasteiger partial charge on any atom is -0.305 e. The molecular weight excluding hydrogens is 278 g/mol. The standard InChI is InChI=1S/C17H19N3S/c1-3-9-19-16(15-7-10-18-12(2)20-15)14-6-4-5-13-8-11-21-17(13)14/h4-8,10-11,16,19H,3,9H2,1-2H3. The number of aromatic nitrogens is 2. The summed E-state index contributed by atoms with van der Waals surface area (Å²) in [6, 6.07) is 10.8. The van der Waals surface area contributed by atoms with Crippen molar-refractivity contribution in [3.63, 3.8) is 0 Å². The van der Waals surface area contributed by atoms with Crippen molar-refractivity contribution in [3.8, 4) is 0 Å². The number of aryl methyl sites for hydroxylation is 1. The van der Waals surface area contributed by atoms with Crippen LogP contribution in [-0.2, 0) is 0 Å². The van der Waals surface area contributed by atoms with Crippen molar-refractivity contribution in [2.24, 2.45) is 0 Å². The van der Waals surface area contributed by atoms with Crippen LogP contribution >= 0.6 is 11.3 Å². The first-order valence-corrected chi connectivity index (χ1v) is 8.16. The second-order valence-corrected chi connectivity index (χ2v) is 6.02. The van der Waals surface area contributed by atoms with E-state index in [9.17, 15) is 0 Å². The summed E-state index contributed by atoms with van der Waals surface area (Å²) in [6.07, 6.45) is 2.94. The first-order chi connectivity index (χ1) is 10.3. The zero-order valence-corrected chi connectivity index (χ0v) is 13.2. The summed E-state index contributed by atoms with van der Waals surface area (Å²) in [4.78, 5) is 8.84. The summed E-state index contributed by atoms with van der Waals surface area (Å²) >= 11 is 1.79. The lowest BCUT2D eigenvalue weighted by atomic mass is 10.0. The number of hydrogen-bond acceptors (Lipinski definition) is 4. The van der Waals surface area contributed by atoms with Crippen LogP contribution in [0.3, 0.4) is 0 Å². The normalized spacial score (nSPS) is 12.7. The van der Waals surface area contributed by atoms with Crippen molar-refractivity contribution < 1.29 is 0 Å². The van der Waals surface area contributed by atoms with E-state index >= 15 is 0 Å². The fourth-order valence-electron chi connectivity index (χ4n) is 2.54. The molecule has 0 radical (unpaired) electrons. The molecule has 0 saturated heterocycles. The van der Waals surface area contributed by atoms with Gasteiger partial charge in [0, 0.05) is 10.9 Å². The molecule has 0 spiro atoms. The van der Waals surface area contributed by atoms with Crippen LogP contribution in [0, 0.1) is 6.92 Å². The van der Waals surface area contributed by atoms with Crippen molar-refractivity contribution in [1.29, 1.82) is 0 Å². The molecule has 2 aromatic heterocycles. The van der Waals surface area contributed by atoms with Gasteiger partial charge in [0.2, 0.25) is 0 Å². The maximum atomic E-state index is 4.63. The first-order valence-electron chi connectivity index (χ1n) is 7.28. The minimum absolute atomic E-state index is 0.119. The third-order valence-electron chi connectivity index (χ3n) is 3.51. The van der Waals surface area contributed by atoms with E-state index in [-0.39, 0.29) is 6.04 Å². The molecule has 0 bridgehead atoms. The third kappa shape index (κ3) is 2.96. The van der Waals surface area contributed by atoms with Crippen molar-refractivity contribution in [1.82, 2.24) is 15.3 Å². The molecule has 3 nitrogen and oxygen atoms in total. The Labute approximate surface area is 129 Å². The van der Waals surface area contributed by atoms with Gasteiger partial charge in [-0.2, -0.15) is 0 Å². The number of nitrogens with one attached hydrogen (secondary N) is 1. The Morgan fingerprint density at radius 1 is 1.24 bits per heavy atom. The molecule has 3 rings (SSSR count). The van der Waals surface area contributed by atoms with Gasteiger partial charge in [-0.05, 0) is 48.4 Å². The molecule has 0 saturated carbocycles. The van der Waals surface area contributed by atoms with Gasteiger partial charge in [-0.25, -0.2) is 9.97 Å². The van der Waals surface area contributed by atoms with Gasteiger partial charge >= 0.3 is 0 Å². The monoisotopic (exact) mass is 297 g/mol. The molecule has 0 aliphatic carbocycles. The highest BCUT2D eigenvalue weighted by Crippen LogP contribution is 2.31. The molecule has 0 aliphatic heterocycles. The van der Waals surface area contributed by atoms with E-state index in [1.54, 1.807) is 11.3 Å². The van der Waals surface area contributed by atoms with Crippen LogP contribution in [0.1, 0.15) is 36.5 Å². The average Bonchev–Trinajstić information content (AvgIpc) is 2.97. The summed E-state index contributed by atoms with van der Waals surface area (Å²) in [7, 11) is 0. The van der Waals surface area contributed by atoms with Gasteiger partial charge in [-0.3, -0.25) is 0 Å². The van der Waals surface area contributed by atoms with Gasteiger partial charge < -0.3 is 5.32 Å². The Balaban J connectivity index is 2.08. The molecule has 0 aliphatic rings. The highest BCUT2D eigenvalue weighted by atomic mass is 32.1. The van der Waals surface area contributed by atoms with E-state index in [1.807, 2.05) is 19.2 Å². The van der Waals surface area contributed by atoms with Crippen LogP contribution in [0.2, 0.25) is 0 Å². The van der Waals surface area contributed by atoms with E-state index < -0.39 is 0 Å². The first kappa shape index (κ1) is 14.2. The van der Waals surface area contributed by atoms with Crippen LogP contribution in [0.15, 0.2) is 41.9 Å². The molecule has 21 heavy (non-hydrogen) atoms. The zero-order valence-electron chi connectivity index (χ0n) is 12.3. The molecule has 2 heterocycles. The van der Waals surface area contributed by atoms with Crippen molar-refractivity contribution in [3.05, 3.63) is 59.0 Å². The zero-order chi connectivity index (χ0) is 14.7. The Morgan fingerprint density at radius 2 is 2.14 bits per heavy atom. The topological polar surface area (TPSA) is 37.8 Å². The van der Waals surface area contributed by atoms with Gasteiger partial charge in [0.05, 0.1) is 11.7 Å². The summed E-state index contributed by atoms with van der Waals surface area (Å²) in [5, 5.41) is 7.07. The molecule has 0 fully saturated rings. The van der Waals surface area contributed by atoms with E-state index in [2.05, 4.69) is 51.9 Å². The van der Waals surface area contributed by atoms with E-state index in [0.717, 1.165) is 24.5 Å². The second-order valence-electron chi connectivity index (χ2n) is 5.10. The molecule has 4 heteroatoms. The fraction of sp³-hybridized carbons (Fsp3) is 0.294. The quantitative estimate of drug-likeness (QED) is 0.771. The van der Waals surface area contributed by atoms with E-state index in [4.69, 9.17) is 0 Å². The summed E-state index contributed by atoms with van der Waals surface area (Å²) in [6.45, 7) is 5.09. The Morgan fingerprint density at radius 3 is 2.95 bits per heavy atom. The summed E-state index contributed by atoms with van der Waals surface area (Å²) < 4.78 is 1.34. The van der Waals surface area contributed by atoms with Crippen molar-refractivity contribution in [2.75, 3.05) is 6.54 Å². The second kappa shape index (κ2) is 6.33. The van der Waals surface area contributed by atoms with E-state index in [0.29, 0.717) is 0 Å². The molecule has 1 aromatic carbocycles. The summed E-state index contributed by atoms with van der Waals surface area (Å²) in [5.41, 5.74) is 2.34. The number of benzene rings is 1. The predicted molar refractivity (Wildman–Crippen MR) is 88.7 cm³/mol. The van der Waals surface area contributed by atoms with E-state index in [1.165, 1.54) is 15.6 Å². The lowest BCUT2D eigenvalue weighted by Crippen LogP contribution is -2.24. The molecule has 1 N–H and O–H groups in total. The van der Waals surface area contributed by atoms with Crippen LogP contribution < -0.4 is 5.32 Å². The SMILES string of the molecule is CCCNC(c1ccnc(C)n1)c1cccc2ccsc12. The largest absolute Gasteiger partial charge is 0.305 e. The molecule has 0 amide bonds. The lowest BCUT2D eigenvalue weighted by molar-refractivity contribution is 0.587. The Hall–Kier alpha value is -1.78.